The molecule has 3 aromatic rings. The van der Waals surface area contributed by atoms with E-state index in [0.717, 1.165) is 10.6 Å². The number of hydrogen-bond donors (Lipinski definition) is 2. The Morgan fingerprint density at radius 2 is 2.12 bits per heavy atom. The second-order valence-corrected chi connectivity index (χ2v) is 8.79. The molecule has 1 aromatic carbocycles. The molecule has 2 aromatic heterocycles. The molecule has 1 fully saturated rings. The number of carbonyl (C=O) groups is 1. The quantitative estimate of drug-likeness (QED) is 0.580. The number of benzene rings is 1. The minimum absolute atomic E-state index is 0.0563. The third-order valence-electron chi connectivity index (χ3n) is 5.52. The summed E-state index contributed by atoms with van der Waals surface area (Å²) in [6.07, 6.45) is 0.540. The Kier molecular flexibility index (Phi) is 6.20. The molecular formula is C21H23FN6O4S. The molecule has 2 amide bonds. The van der Waals surface area contributed by atoms with E-state index in [-0.39, 0.29) is 24.0 Å². The van der Waals surface area contributed by atoms with Crippen molar-refractivity contribution >= 4 is 28.5 Å². The van der Waals surface area contributed by atoms with Crippen molar-refractivity contribution in [3.63, 3.8) is 0 Å². The van der Waals surface area contributed by atoms with Crippen LogP contribution < -0.4 is 15.5 Å². The van der Waals surface area contributed by atoms with Crippen LogP contribution in [0.3, 0.4) is 0 Å². The van der Waals surface area contributed by atoms with E-state index in [0.29, 0.717) is 61.9 Å². The number of fused-ring (bicyclic) bond motifs is 1. The van der Waals surface area contributed by atoms with E-state index in [1.165, 1.54) is 23.5 Å². The smallest absolute Gasteiger partial charge is 0.324 e. The highest BCUT2D eigenvalue weighted by Gasteiger charge is 2.31. The van der Waals surface area contributed by atoms with E-state index < -0.39 is 0 Å². The van der Waals surface area contributed by atoms with Gasteiger partial charge in [-0.15, -0.1) is 0 Å². The number of amides is 2. The summed E-state index contributed by atoms with van der Waals surface area (Å²) in [6, 6.07) is 5.95. The molecule has 0 aliphatic carbocycles. The number of nitrogens with zero attached hydrogens (tertiary/aromatic N) is 4. The van der Waals surface area contributed by atoms with Gasteiger partial charge in [-0.25, -0.2) is 14.2 Å². The van der Waals surface area contributed by atoms with Crippen LogP contribution in [0.4, 0.5) is 20.3 Å². The van der Waals surface area contributed by atoms with Crippen molar-refractivity contribution in [3.8, 4) is 11.4 Å². The van der Waals surface area contributed by atoms with Gasteiger partial charge in [0.1, 0.15) is 5.82 Å². The van der Waals surface area contributed by atoms with E-state index in [9.17, 15) is 9.18 Å². The Balaban J connectivity index is 1.23. The maximum atomic E-state index is 13.2. The van der Waals surface area contributed by atoms with Crippen LogP contribution in [0.5, 0.6) is 0 Å². The van der Waals surface area contributed by atoms with E-state index in [4.69, 9.17) is 14.0 Å². The highest BCUT2D eigenvalue weighted by molar-refractivity contribution is 7.16. The van der Waals surface area contributed by atoms with Crippen LogP contribution in [0, 0.1) is 5.82 Å². The fraction of sp³-hybridized carbons (Fsp3) is 0.429. The topological polar surface area (TPSA) is 115 Å². The third-order valence-corrected chi connectivity index (χ3v) is 6.71. The Bertz CT molecular complexity index is 1110. The number of ether oxygens (including phenoxy) is 2. The van der Waals surface area contributed by atoms with Gasteiger partial charge in [-0.1, -0.05) is 16.5 Å². The monoisotopic (exact) mass is 474 g/mol. The minimum Gasteiger partial charge on any atom is -0.376 e. The lowest BCUT2D eigenvalue weighted by Gasteiger charge is -2.30. The molecule has 2 atom stereocenters. The van der Waals surface area contributed by atoms with Gasteiger partial charge in [0.2, 0.25) is 5.82 Å². The fourth-order valence-electron chi connectivity index (χ4n) is 3.80. The summed E-state index contributed by atoms with van der Waals surface area (Å²) in [7, 11) is 0. The number of halogens is 1. The fourth-order valence-corrected chi connectivity index (χ4v) is 4.87. The molecule has 2 aliphatic heterocycles. The summed E-state index contributed by atoms with van der Waals surface area (Å²) in [4.78, 5) is 24.4. The first-order valence-electron chi connectivity index (χ1n) is 10.7. The van der Waals surface area contributed by atoms with Crippen molar-refractivity contribution in [1.29, 1.82) is 0 Å². The molecule has 0 spiro atoms. The molecular weight excluding hydrogens is 451 g/mol. The minimum atomic E-state index is -0.333. The molecule has 2 N–H and O–H groups in total. The van der Waals surface area contributed by atoms with Crippen molar-refractivity contribution in [1.82, 2.24) is 20.4 Å². The van der Waals surface area contributed by atoms with Gasteiger partial charge in [-0.2, -0.15) is 4.98 Å². The van der Waals surface area contributed by atoms with Gasteiger partial charge < -0.3 is 24.2 Å². The number of nitrogens with one attached hydrogen (secondary N) is 2. The molecule has 0 saturated carbocycles. The maximum absolute atomic E-state index is 13.2. The van der Waals surface area contributed by atoms with Gasteiger partial charge in [0.05, 0.1) is 42.5 Å². The highest BCUT2D eigenvalue weighted by atomic mass is 32.1. The highest BCUT2D eigenvalue weighted by Crippen LogP contribution is 2.38. The van der Waals surface area contributed by atoms with Crippen LogP contribution >= 0.6 is 11.3 Å². The molecule has 0 radical (unpaired) electrons. The first-order valence-corrected chi connectivity index (χ1v) is 11.5. The van der Waals surface area contributed by atoms with Crippen molar-refractivity contribution in [2.45, 2.75) is 25.5 Å². The van der Waals surface area contributed by atoms with Crippen LogP contribution in [0.2, 0.25) is 0 Å². The molecule has 4 heterocycles. The van der Waals surface area contributed by atoms with Crippen LogP contribution in [0.15, 0.2) is 28.8 Å². The van der Waals surface area contributed by atoms with E-state index in [1.54, 1.807) is 12.1 Å². The van der Waals surface area contributed by atoms with Crippen molar-refractivity contribution in [3.05, 3.63) is 40.7 Å². The number of rotatable bonds is 5. The first kappa shape index (κ1) is 21.7. The first-order chi connectivity index (χ1) is 16.1. The predicted octanol–water partition coefficient (Wildman–Crippen LogP) is 2.99. The predicted molar refractivity (Wildman–Crippen MR) is 119 cm³/mol. The number of anilines is 2. The zero-order valence-electron chi connectivity index (χ0n) is 17.9. The standard InChI is InChI=1S/C21H23FN6O4S/c1-12-17-16(24-20(33-17)26-19(29)23-10-15-11-30-8-9-31-15)6-7-28(12)21-25-18(27-32-21)13-2-4-14(22)5-3-13/h2-5,12,15H,6-11H2,1H3,(H2,23,24,26,29)/t12-,15-/m0/s1. The Morgan fingerprint density at radius 1 is 1.27 bits per heavy atom. The SMILES string of the molecule is C[C@H]1c2sc(NC(=O)NC[C@H]3COCCO3)nc2CCN1c1nc(-c2ccc(F)cc2)no1. The molecule has 174 valence electrons. The average Bonchev–Trinajstić information content (AvgIpc) is 3.47. The third kappa shape index (κ3) is 4.82. The Labute approximate surface area is 193 Å². The zero-order valence-corrected chi connectivity index (χ0v) is 18.7. The molecule has 2 aliphatic rings. The largest absolute Gasteiger partial charge is 0.376 e. The lowest BCUT2D eigenvalue weighted by atomic mass is 10.1. The second-order valence-electron chi connectivity index (χ2n) is 7.76. The normalized spacial score (nSPS) is 20.4. The molecule has 5 rings (SSSR count). The number of urea groups is 1. The molecule has 0 unspecified atom stereocenters. The van der Waals surface area contributed by atoms with E-state index >= 15 is 0 Å². The van der Waals surface area contributed by atoms with Gasteiger partial charge in [-0.05, 0) is 31.2 Å². The zero-order chi connectivity index (χ0) is 22.8. The summed E-state index contributed by atoms with van der Waals surface area (Å²) in [5.41, 5.74) is 1.62. The van der Waals surface area contributed by atoms with Crippen molar-refractivity contribution < 1.29 is 23.2 Å². The van der Waals surface area contributed by atoms with E-state index in [1.807, 2.05) is 11.8 Å². The molecule has 33 heavy (non-hydrogen) atoms. The Hall–Kier alpha value is -3.09. The van der Waals surface area contributed by atoms with Crippen LogP contribution in [-0.2, 0) is 15.9 Å². The maximum Gasteiger partial charge on any atom is 0.324 e. The summed E-state index contributed by atoms with van der Waals surface area (Å²) in [6.45, 7) is 4.63. The van der Waals surface area contributed by atoms with Crippen LogP contribution in [0.1, 0.15) is 23.5 Å². The van der Waals surface area contributed by atoms with E-state index in [2.05, 4.69) is 25.8 Å². The van der Waals surface area contributed by atoms with Crippen LogP contribution in [-0.4, -0.2) is 60.2 Å². The summed E-state index contributed by atoms with van der Waals surface area (Å²) < 4.78 is 29.5. The van der Waals surface area contributed by atoms with Crippen molar-refractivity contribution in [2.24, 2.45) is 0 Å². The number of hydrogen-bond acceptors (Lipinski definition) is 9. The number of aromatic nitrogens is 3. The summed E-state index contributed by atoms with van der Waals surface area (Å²) >= 11 is 1.42. The molecule has 10 nitrogen and oxygen atoms in total. The lowest BCUT2D eigenvalue weighted by Crippen LogP contribution is -2.41. The van der Waals surface area contributed by atoms with Crippen LogP contribution in [0.25, 0.3) is 11.4 Å². The molecule has 12 heteroatoms. The number of carbonyl (C=O) groups excluding carboxylic acids is 1. The molecule has 1 saturated heterocycles. The average molecular weight is 475 g/mol. The van der Waals surface area contributed by atoms with Crippen molar-refractivity contribution in [2.75, 3.05) is 43.1 Å². The second kappa shape index (κ2) is 9.41. The van der Waals surface area contributed by atoms with Gasteiger partial charge in [0.25, 0.3) is 0 Å². The number of thiazole rings is 1. The summed E-state index contributed by atoms with van der Waals surface area (Å²) in [5.74, 6) is 0.0814. The van der Waals surface area contributed by atoms with Gasteiger partial charge in [0.15, 0.2) is 5.13 Å². The lowest BCUT2D eigenvalue weighted by molar-refractivity contribution is -0.0852. The molecule has 0 bridgehead atoms. The van der Waals surface area contributed by atoms with Gasteiger partial charge in [-0.3, -0.25) is 5.32 Å². The summed E-state index contributed by atoms with van der Waals surface area (Å²) in [5, 5.41) is 10.2. The van der Waals surface area contributed by atoms with Gasteiger partial charge >= 0.3 is 12.0 Å². The van der Waals surface area contributed by atoms with Gasteiger partial charge in [0, 0.05) is 25.1 Å². The Morgan fingerprint density at radius 3 is 2.91 bits per heavy atom.